The molecular formula is C28H35N3O3S. The monoisotopic (exact) mass is 493 g/mol. The molecule has 4 rings (SSSR count). The first-order chi connectivity index (χ1) is 16.6. The van der Waals surface area contributed by atoms with Crippen LogP contribution in [0.25, 0.3) is 10.4 Å². The molecule has 1 N–H and O–H groups in total. The van der Waals surface area contributed by atoms with E-state index in [4.69, 9.17) is 6.57 Å². The molecule has 1 saturated heterocycles. The molecular weight excluding hydrogens is 458 g/mol. The van der Waals surface area contributed by atoms with Crippen molar-refractivity contribution in [2.45, 2.75) is 77.6 Å². The fourth-order valence-corrected chi connectivity index (χ4v) is 7.09. The minimum atomic E-state index is -2.97. The van der Waals surface area contributed by atoms with Gasteiger partial charge in [-0.05, 0) is 72.6 Å². The van der Waals surface area contributed by atoms with Gasteiger partial charge in [0, 0.05) is 17.7 Å². The number of sulfone groups is 1. The van der Waals surface area contributed by atoms with Crippen molar-refractivity contribution in [3.8, 4) is 0 Å². The maximum Gasteiger partial charge on any atom is 0.293 e. The minimum Gasteiger partial charge on any atom is -0.361 e. The van der Waals surface area contributed by atoms with E-state index in [0.29, 0.717) is 25.0 Å². The Morgan fingerprint density at radius 3 is 2.51 bits per heavy atom. The predicted molar refractivity (Wildman–Crippen MR) is 142 cm³/mol. The van der Waals surface area contributed by atoms with Gasteiger partial charge in [-0.2, -0.15) is 0 Å². The molecule has 186 valence electrons. The molecule has 0 radical (unpaired) electrons. The molecule has 0 unspecified atom stereocenters. The van der Waals surface area contributed by atoms with Crippen LogP contribution in [0.3, 0.4) is 0 Å². The van der Waals surface area contributed by atoms with Crippen molar-refractivity contribution in [1.82, 2.24) is 0 Å². The second kappa shape index (κ2) is 9.73. The topological polar surface area (TPSA) is 80.0 Å². The number of carbonyl (C=O) groups is 1. The van der Waals surface area contributed by atoms with Gasteiger partial charge >= 0.3 is 0 Å². The van der Waals surface area contributed by atoms with Crippen LogP contribution in [0.1, 0.15) is 83.3 Å². The number of allylic oxidation sites excluding steroid dienone is 3. The van der Waals surface area contributed by atoms with Crippen molar-refractivity contribution in [2.24, 2.45) is 10.4 Å². The third-order valence-electron chi connectivity index (χ3n) is 7.81. The van der Waals surface area contributed by atoms with Crippen molar-refractivity contribution >= 4 is 32.7 Å². The fraction of sp³-hybridized carbons (Fsp3) is 0.536. The highest BCUT2D eigenvalue weighted by molar-refractivity contribution is 7.91. The molecule has 1 aromatic carbocycles. The molecule has 1 amide bonds. The summed E-state index contributed by atoms with van der Waals surface area (Å²) in [6.45, 7) is 13.8. The van der Waals surface area contributed by atoms with Gasteiger partial charge in [-0.15, -0.1) is 4.99 Å². The first-order valence-corrected chi connectivity index (χ1v) is 14.4. The van der Waals surface area contributed by atoms with Crippen molar-refractivity contribution in [3.05, 3.63) is 58.7 Å². The van der Waals surface area contributed by atoms with Crippen LogP contribution in [0.2, 0.25) is 0 Å². The molecule has 7 heteroatoms. The Balaban J connectivity index is 1.71. The summed E-state index contributed by atoms with van der Waals surface area (Å²) in [6, 6.07) is 6.24. The maximum absolute atomic E-state index is 13.0. The van der Waals surface area contributed by atoms with Crippen LogP contribution < -0.4 is 5.32 Å². The number of nitrogens with one attached hydrogen (secondary N) is 1. The summed E-state index contributed by atoms with van der Waals surface area (Å²) in [7, 11) is -2.97. The number of benzene rings is 1. The van der Waals surface area contributed by atoms with Crippen LogP contribution in [0.5, 0.6) is 0 Å². The number of hydrogen-bond acceptors (Lipinski definition) is 4. The lowest BCUT2D eigenvalue weighted by Gasteiger charge is -2.38. The van der Waals surface area contributed by atoms with Gasteiger partial charge in [0.1, 0.15) is 9.84 Å². The maximum atomic E-state index is 13.0. The quantitative estimate of drug-likeness (QED) is 0.488. The zero-order valence-corrected chi connectivity index (χ0v) is 21.8. The van der Waals surface area contributed by atoms with Crippen LogP contribution in [0, 0.1) is 12.0 Å². The molecule has 6 nitrogen and oxygen atoms in total. The molecule has 0 spiro atoms. The molecule has 3 aliphatic rings. The molecule has 0 saturated carbocycles. The average Bonchev–Trinajstić information content (AvgIpc) is 3.31. The molecule has 1 fully saturated rings. The molecule has 0 atom stereocenters. The van der Waals surface area contributed by atoms with Crippen LogP contribution in [-0.4, -0.2) is 31.5 Å². The largest absolute Gasteiger partial charge is 0.361 e. The van der Waals surface area contributed by atoms with Crippen molar-refractivity contribution in [1.29, 1.82) is 0 Å². The first kappa shape index (κ1) is 25.4. The van der Waals surface area contributed by atoms with Gasteiger partial charge in [-0.1, -0.05) is 52.0 Å². The van der Waals surface area contributed by atoms with E-state index >= 15 is 0 Å². The zero-order valence-electron chi connectivity index (χ0n) is 21.0. The summed E-state index contributed by atoms with van der Waals surface area (Å²) < 4.78 is 24.4. The number of carbonyl (C=O) groups excluding carboxylic acids is 1. The van der Waals surface area contributed by atoms with E-state index in [1.165, 1.54) is 11.1 Å². The van der Waals surface area contributed by atoms with Gasteiger partial charge in [0.05, 0.1) is 11.5 Å². The SMILES string of the molecule is [C-]#[N+]C1=CCC(C(=O)Nc2ccc(C3(CCC)CCS(=O)(=O)CC3)cc2C2=CCC(C)(C)CC2)=N1. The Kier molecular flexibility index (Phi) is 7.06. The van der Waals surface area contributed by atoms with E-state index in [9.17, 15) is 13.2 Å². The van der Waals surface area contributed by atoms with Crippen molar-refractivity contribution in [2.75, 3.05) is 16.8 Å². The number of hydrogen-bond donors (Lipinski definition) is 1. The molecule has 2 aliphatic heterocycles. The Morgan fingerprint density at radius 2 is 1.91 bits per heavy atom. The summed E-state index contributed by atoms with van der Waals surface area (Å²) >= 11 is 0. The lowest BCUT2D eigenvalue weighted by Crippen LogP contribution is -2.37. The second-order valence-corrected chi connectivity index (χ2v) is 13.2. The normalized spacial score (nSPS) is 22.4. The summed E-state index contributed by atoms with van der Waals surface area (Å²) in [6.07, 6.45) is 10.5. The molecule has 2 heterocycles. The lowest BCUT2D eigenvalue weighted by molar-refractivity contribution is -0.110. The Bertz CT molecular complexity index is 1250. The third-order valence-corrected chi connectivity index (χ3v) is 9.47. The van der Waals surface area contributed by atoms with Crippen LogP contribution >= 0.6 is 0 Å². The number of aliphatic imine (C=N–C) groups is 1. The zero-order chi connectivity index (χ0) is 25.3. The van der Waals surface area contributed by atoms with Gasteiger partial charge in [-0.25, -0.2) is 8.42 Å². The Labute approximate surface area is 209 Å². The number of anilines is 1. The van der Waals surface area contributed by atoms with Crippen LogP contribution in [0.4, 0.5) is 5.69 Å². The summed E-state index contributed by atoms with van der Waals surface area (Å²) in [5.74, 6) is 0.441. The van der Waals surface area contributed by atoms with Gasteiger partial charge in [0.15, 0.2) is 5.71 Å². The third kappa shape index (κ3) is 5.59. The second-order valence-electron chi connectivity index (χ2n) is 10.9. The first-order valence-electron chi connectivity index (χ1n) is 12.6. The van der Waals surface area contributed by atoms with E-state index < -0.39 is 9.84 Å². The van der Waals surface area contributed by atoms with E-state index in [1.807, 2.05) is 6.07 Å². The summed E-state index contributed by atoms with van der Waals surface area (Å²) in [5.41, 5.74) is 4.62. The van der Waals surface area contributed by atoms with Crippen molar-refractivity contribution < 1.29 is 13.2 Å². The molecule has 1 aliphatic carbocycles. The Hall–Kier alpha value is -2.72. The molecule has 35 heavy (non-hydrogen) atoms. The van der Waals surface area contributed by atoms with Crippen molar-refractivity contribution in [3.63, 3.8) is 0 Å². The molecule has 1 aromatic rings. The van der Waals surface area contributed by atoms with Gasteiger partial charge in [0.25, 0.3) is 11.7 Å². The molecule has 0 aromatic heterocycles. The van der Waals surface area contributed by atoms with Crippen LogP contribution in [0.15, 0.2) is 41.2 Å². The average molecular weight is 494 g/mol. The molecule has 0 bridgehead atoms. The van der Waals surface area contributed by atoms with Crippen LogP contribution in [-0.2, 0) is 20.0 Å². The van der Waals surface area contributed by atoms with Gasteiger partial charge < -0.3 is 10.2 Å². The Morgan fingerprint density at radius 1 is 1.17 bits per heavy atom. The summed E-state index contributed by atoms with van der Waals surface area (Å²) in [5, 5.41) is 3.06. The fourth-order valence-electron chi connectivity index (χ4n) is 5.49. The number of amides is 1. The highest BCUT2D eigenvalue weighted by atomic mass is 32.2. The van der Waals surface area contributed by atoms with E-state index in [2.05, 4.69) is 54.1 Å². The van der Waals surface area contributed by atoms with E-state index in [1.54, 1.807) is 6.08 Å². The predicted octanol–water partition coefficient (Wildman–Crippen LogP) is 6.07. The van der Waals surface area contributed by atoms with Gasteiger partial charge in [-0.3, -0.25) is 4.79 Å². The minimum absolute atomic E-state index is 0.157. The van der Waals surface area contributed by atoms with E-state index in [-0.39, 0.29) is 34.1 Å². The number of rotatable bonds is 6. The standard InChI is InChI=1S/C28H35N3O3S/c1-5-12-28(15-17-35(33,34)18-16-28)21-6-7-23(31-26(32)24-8-9-25(29-4)30-24)22(19-21)20-10-13-27(2,3)14-11-20/h6-7,9-10,19H,5,8,11-18H2,1-3H3,(H,31,32). The smallest absolute Gasteiger partial charge is 0.293 e. The summed E-state index contributed by atoms with van der Waals surface area (Å²) in [4.78, 5) is 20.4. The lowest BCUT2D eigenvalue weighted by atomic mass is 9.71. The highest BCUT2D eigenvalue weighted by Gasteiger charge is 2.38. The highest BCUT2D eigenvalue weighted by Crippen LogP contribution is 2.45. The van der Waals surface area contributed by atoms with E-state index in [0.717, 1.165) is 43.4 Å². The van der Waals surface area contributed by atoms with Gasteiger partial charge in [0.2, 0.25) is 0 Å². The number of nitrogens with zero attached hydrogens (tertiary/aromatic N) is 2.